The number of nitrogens with one attached hydrogen (secondary N) is 1. The van der Waals surface area contributed by atoms with Gasteiger partial charge in [0.25, 0.3) is 0 Å². The summed E-state index contributed by atoms with van der Waals surface area (Å²) in [6.45, 7) is 0. The summed E-state index contributed by atoms with van der Waals surface area (Å²) < 4.78 is 22.5. The van der Waals surface area contributed by atoms with Crippen molar-refractivity contribution in [2.75, 3.05) is 26.2 Å². The van der Waals surface area contributed by atoms with Gasteiger partial charge in [-0.25, -0.2) is 4.79 Å². The second kappa shape index (κ2) is 10.3. The number of pyridine rings is 1. The number of thiocarbonyl (C=S) groups is 1. The molecule has 0 unspecified atom stereocenters. The van der Waals surface area contributed by atoms with E-state index in [1.165, 1.54) is 7.11 Å². The lowest BCUT2D eigenvalue weighted by Crippen LogP contribution is -2.29. The normalized spacial score (nSPS) is 16.8. The molecule has 2 aromatic carbocycles. The lowest BCUT2D eigenvalue weighted by molar-refractivity contribution is 0.0601. The average molecular weight is 516 g/mol. The SMILES string of the molecule is COC(=O)c1ccccc1-c1ccc([C@@H]2[C@@H](c3ccccn3)NC(=S)N2c2cc(OC)ccc2OC)o1. The summed E-state index contributed by atoms with van der Waals surface area (Å²) in [5.41, 5.74) is 2.57. The molecule has 1 fully saturated rings. The highest BCUT2D eigenvalue weighted by molar-refractivity contribution is 7.80. The number of esters is 1. The lowest BCUT2D eigenvalue weighted by Gasteiger charge is -2.27. The maximum Gasteiger partial charge on any atom is 0.338 e. The van der Waals surface area contributed by atoms with Gasteiger partial charge in [0.05, 0.1) is 44.3 Å². The molecule has 8 nitrogen and oxygen atoms in total. The third-order valence-electron chi connectivity index (χ3n) is 6.26. The Morgan fingerprint density at radius 1 is 1.00 bits per heavy atom. The van der Waals surface area contributed by atoms with Crippen molar-refractivity contribution < 1.29 is 23.4 Å². The van der Waals surface area contributed by atoms with Crippen LogP contribution in [0, 0.1) is 0 Å². The van der Waals surface area contributed by atoms with Crippen LogP contribution in [-0.4, -0.2) is 37.4 Å². The van der Waals surface area contributed by atoms with Crippen molar-refractivity contribution in [2.24, 2.45) is 0 Å². The fourth-order valence-corrected chi connectivity index (χ4v) is 4.87. The van der Waals surface area contributed by atoms with Crippen LogP contribution < -0.4 is 19.7 Å². The molecule has 5 rings (SSSR count). The molecular formula is C28H25N3O5S. The number of furan rings is 1. The molecule has 0 bridgehead atoms. The number of methoxy groups -OCH3 is 3. The summed E-state index contributed by atoms with van der Waals surface area (Å²) in [5.74, 6) is 2.00. The van der Waals surface area contributed by atoms with Crippen molar-refractivity contribution in [1.82, 2.24) is 10.3 Å². The second-order valence-electron chi connectivity index (χ2n) is 8.27. The van der Waals surface area contributed by atoms with Crippen LogP contribution in [0.4, 0.5) is 5.69 Å². The quantitative estimate of drug-likeness (QED) is 0.259. The third kappa shape index (κ3) is 4.49. The molecule has 2 aromatic heterocycles. The largest absolute Gasteiger partial charge is 0.497 e. The van der Waals surface area contributed by atoms with Crippen LogP contribution in [0.25, 0.3) is 11.3 Å². The molecule has 2 atom stereocenters. The van der Waals surface area contributed by atoms with Crippen molar-refractivity contribution in [2.45, 2.75) is 12.1 Å². The van der Waals surface area contributed by atoms with E-state index in [2.05, 4.69) is 10.3 Å². The second-order valence-corrected chi connectivity index (χ2v) is 8.66. The Morgan fingerprint density at radius 2 is 1.81 bits per heavy atom. The Morgan fingerprint density at radius 3 is 2.54 bits per heavy atom. The third-order valence-corrected chi connectivity index (χ3v) is 6.57. The standard InChI is InChI=1S/C28H25N3O5S/c1-33-17-11-12-23(34-2)21(16-17)31-26(25(30-28(31)37)20-10-6-7-15-29-20)24-14-13-22(36-24)18-8-4-5-9-19(18)27(32)35-3/h4-16,25-26H,1-3H3,(H,30,37)/t25-,26-/m1/s1. The van der Waals surface area contributed by atoms with Gasteiger partial charge in [-0.1, -0.05) is 24.3 Å². The lowest BCUT2D eigenvalue weighted by atomic mass is 10.0. The number of hydrogen-bond acceptors (Lipinski definition) is 7. The molecule has 0 amide bonds. The summed E-state index contributed by atoms with van der Waals surface area (Å²) in [5, 5.41) is 3.89. The first-order valence-corrected chi connectivity index (χ1v) is 12.0. The topological polar surface area (TPSA) is 86.1 Å². The van der Waals surface area contributed by atoms with Gasteiger partial charge in [0.2, 0.25) is 0 Å². The van der Waals surface area contributed by atoms with Crippen LogP contribution in [0.15, 0.2) is 83.4 Å². The first kappa shape index (κ1) is 24.3. The van der Waals surface area contributed by atoms with Crippen LogP contribution in [0.1, 0.15) is 33.9 Å². The van der Waals surface area contributed by atoms with Crippen molar-refractivity contribution >= 4 is 29.0 Å². The van der Waals surface area contributed by atoms with E-state index >= 15 is 0 Å². The highest BCUT2D eigenvalue weighted by Crippen LogP contribution is 2.46. The van der Waals surface area contributed by atoms with Crippen molar-refractivity contribution in [3.63, 3.8) is 0 Å². The molecule has 1 saturated heterocycles. The highest BCUT2D eigenvalue weighted by atomic mass is 32.1. The molecule has 9 heteroatoms. The van der Waals surface area contributed by atoms with Gasteiger partial charge < -0.3 is 28.8 Å². The number of rotatable bonds is 7. The Balaban J connectivity index is 1.65. The molecule has 1 aliphatic rings. The molecule has 0 aliphatic carbocycles. The van der Waals surface area contributed by atoms with Gasteiger partial charge in [0.1, 0.15) is 29.1 Å². The number of ether oxygens (including phenoxy) is 3. The number of benzene rings is 2. The molecule has 0 spiro atoms. The van der Waals surface area contributed by atoms with E-state index in [1.54, 1.807) is 32.5 Å². The van der Waals surface area contributed by atoms with Crippen LogP contribution >= 0.6 is 12.2 Å². The van der Waals surface area contributed by atoms with E-state index in [0.29, 0.717) is 39.3 Å². The maximum absolute atomic E-state index is 12.4. The van der Waals surface area contributed by atoms with Crippen LogP contribution in [0.3, 0.4) is 0 Å². The molecule has 188 valence electrons. The maximum atomic E-state index is 12.4. The molecule has 0 saturated carbocycles. The smallest absolute Gasteiger partial charge is 0.338 e. The van der Waals surface area contributed by atoms with Gasteiger partial charge >= 0.3 is 5.97 Å². The van der Waals surface area contributed by atoms with Crippen molar-refractivity contribution in [3.8, 4) is 22.8 Å². The Kier molecular flexibility index (Phi) is 6.78. The zero-order chi connectivity index (χ0) is 25.9. The van der Waals surface area contributed by atoms with E-state index in [-0.39, 0.29) is 6.04 Å². The van der Waals surface area contributed by atoms with Gasteiger partial charge in [-0.15, -0.1) is 0 Å². The number of anilines is 1. The first-order chi connectivity index (χ1) is 18.0. The summed E-state index contributed by atoms with van der Waals surface area (Å²) in [6, 6.07) is 21.4. The molecule has 37 heavy (non-hydrogen) atoms. The fraction of sp³-hybridized carbons (Fsp3) is 0.179. The zero-order valence-corrected chi connectivity index (χ0v) is 21.3. The summed E-state index contributed by atoms with van der Waals surface area (Å²) >= 11 is 5.82. The number of aromatic nitrogens is 1. The molecule has 0 radical (unpaired) electrons. The molecule has 1 N–H and O–H groups in total. The summed E-state index contributed by atoms with van der Waals surface area (Å²) in [4.78, 5) is 18.9. The number of carbonyl (C=O) groups excluding carboxylic acids is 1. The minimum absolute atomic E-state index is 0.320. The zero-order valence-electron chi connectivity index (χ0n) is 20.5. The van der Waals surface area contributed by atoms with E-state index in [0.717, 1.165) is 11.4 Å². The molecule has 4 aromatic rings. The molecular weight excluding hydrogens is 490 g/mol. The Labute approximate surface area is 219 Å². The van der Waals surface area contributed by atoms with Crippen LogP contribution in [-0.2, 0) is 4.74 Å². The predicted octanol–water partition coefficient (Wildman–Crippen LogP) is 5.32. The van der Waals surface area contributed by atoms with Gasteiger partial charge in [0.15, 0.2) is 5.11 Å². The molecule has 3 heterocycles. The Hall–Kier alpha value is -4.37. The van der Waals surface area contributed by atoms with Gasteiger partial charge in [-0.05, 0) is 54.7 Å². The summed E-state index contributed by atoms with van der Waals surface area (Å²) in [6.07, 6.45) is 1.74. The molecule has 1 aliphatic heterocycles. The van der Waals surface area contributed by atoms with E-state index in [4.69, 9.17) is 30.8 Å². The average Bonchev–Trinajstić information content (AvgIpc) is 3.57. The first-order valence-electron chi connectivity index (χ1n) is 11.6. The minimum atomic E-state index is -0.439. The van der Waals surface area contributed by atoms with Crippen molar-refractivity contribution in [3.05, 3.63) is 96.0 Å². The number of hydrogen-bond donors (Lipinski definition) is 1. The fourth-order valence-electron chi connectivity index (χ4n) is 4.53. The van der Waals surface area contributed by atoms with Crippen molar-refractivity contribution in [1.29, 1.82) is 0 Å². The van der Waals surface area contributed by atoms with E-state index in [1.807, 2.05) is 65.6 Å². The number of nitrogens with zero attached hydrogens (tertiary/aromatic N) is 2. The van der Waals surface area contributed by atoms with Gasteiger partial charge in [-0.3, -0.25) is 4.98 Å². The number of carbonyl (C=O) groups is 1. The van der Waals surface area contributed by atoms with Gasteiger partial charge in [-0.2, -0.15) is 0 Å². The summed E-state index contributed by atoms with van der Waals surface area (Å²) in [7, 11) is 4.57. The minimum Gasteiger partial charge on any atom is -0.497 e. The van der Waals surface area contributed by atoms with Gasteiger partial charge in [0, 0.05) is 17.8 Å². The van der Waals surface area contributed by atoms with Crippen LogP contribution in [0.2, 0.25) is 0 Å². The van der Waals surface area contributed by atoms with E-state index in [9.17, 15) is 4.79 Å². The predicted molar refractivity (Wildman–Crippen MR) is 143 cm³/mol. The Bertz CT molecular complexity index is 1440. The highest BCUT2D eigenvalue weighted by Gasteiger charge is 2.43. The van der Waals surface area contributed by atoms with Crippen LogP contribution in [0.5, 0.6) is 11.5 Å². The van der Waals surface area contributed by atoms with E-state index < -0.39 is 12.0 Å². The monoisotopic (exact) mass is 515 g/mol.